The number of benzene rings is 1. The molecule has 9 atom stereocenters. The van der Waals surface area contributed by atoms with Crippen LogP contribution in [-0.2, 0) is 44.1 Å². The number of ether oxygens (including phenoxy) is 2. The molecular formula is C41H54F2N11O10PSSi. The molecule has 6 heterocycles. The molecule has 21 nitrogen and oxygen atoms in total. The van der Waals surface area contributed by atoms with E-state index in [9.17, 15) is 19.5 Å². The molecule has 0 aliphatic carbocycles. The lowest BCUT2D eigenvalue weighted by Crippen LogP contribution is -2.44. The zero-order valence-electron chi connectivity index (χ0n) is 38.0. The second-order valence-electron chi connectivity index (χ2n) is 17.7. The second kappa shape index (κ2) is 20.4. The SMILES string of the molecule is C/N=C/CCOP(=S)(OC[C@H]1O[C@@H](n2cnc3c(NC(=O)c4ccccc4)ncnc32)[C@@H](F)[C@@H]1O)O[C@H]1[C@H](F)[C@@H](CO[Si](C)(C)C(C)(C)C)O[C@H]1n1cnc2c(=O)[nH]c(NC(=O)C(C)C)nc21. The van der Waals surface area contributed by atoms with E-state index in [-0.39, 0.29) is 58.8 Å². The lowest BCUT2D eigenvalue weighted by Gasteiger charge is -2.37. The third-order valence-corrected chi connectivity index (χ3v) is 18.5. The van der Waals surface area contributed by atoms with Gasteiger partial charge in [0.2, 0.25) is 11.9 Å². The lowest BCUT2D eigenvalue weighted by molar-refractivity contribution is -0.118. The molecule has 26 heteroatoms. The summed E-state index contributed by atoms with van der Waals surface area (Å²) < 4.78 is 73.1. The number of halogens is 2. The molecule has 7 rings (SSSR count). The van der Waals surface area contributed by atoms with Gasteiger partial charge in [-0.1, -0.05) is 52.8 Å². The Kier molecular flexibility index (Phi) is 15.3. The van der Waals surface area contributed by atoms with E-state index < -0.39 is 94.1 Å². The van der Waals surface area contributed by atoms with Crippen molar-refractivity contribution in [1.29, 1.82) is 0 Å². The number of carbonyl (C=O) groups is 2. The number of alkyl halides is 2. The number of H-pyrrole nitrogens is 1. The van der Waals surface area contributed by atoms with Crippen LogP contribution in [0.25, 0.3) is 22.3 Å². The van der Waals surface area contributed by atoms with Gasteiger partial charge in [-0.05, 0) is 42.1 Å². The van der Waals surface area contributed by atoms with Gasteiger partial charge in [-0.15, -0.1) is 0 Å². The molecular weight excluding hydrogens is 936 g/mol. The Labute approximate surface area is 389 Å². The van der Waals surface area contributed by atoms with E-state index in [4.69, 9.17) is 39.3 Å². The van der Waals surface area contributed by atoms with Crippen molar-refractivity contribution in [2.75, 3.05) is 37.5 Å². The van der Waals surface area contributed by atoms with Gasteiger partial charge in [-0.3, -0.25) is 38.3 Å². The maximum atomic E-state index is 17.1. The molecule has 2 fully saturated rings. The maximum Gasteiger partial charge on any atom is 0.327 e. The number of amides is 2. The van der Waals surface area contributed by atoms with Crippen molar-refractivity contribution in [3.05, 3.63) is 65.2 Å². The third kappa shape index (κ3) is 10.9. The number of aliphatic imine (C=N–C) groups is 1. The summed E-state index contributed by atoms with van der Waals surface area (Å²) >= 11 is 5.92. The van der Waals surface area contributed by atoms with Crippen molar-refractivity contribution in [3.8, 4) is 0 Å². The number of rotatable bonds is 18. The van der Waals surface area contributed by atoms with Crippen molar-refractivity contribution in [3.63, 3.8) is 0 Å². The fraction of sp³-hybridized carbons (Fsp3) is 0.537. The highest BCUT2D eigenvalue weighted by molar-refractivity contribution is 8.07. The molecule has 2 aliphatic heterocycles. The van der Waals surface area contributed by atoms with Crippen LogP contribution in [0.3, 0.4) is 0 Å². The predicted molar refractivity (Wildman–Crippen MR) is 248 cm³/mol. The normalized spacial score (nSPS) is 24.5. The molecule has 362 valence electrons. The van der Waals surface area contributed by atoms with Gasteiger partial charge in [0.15, 0.2) is 61.3 Å². The average Bonchev–Trinajstić information content (AvgIpc) is 4.05. The van der Waals surface area contributed by atoms with E-state index in [2.05, 4.69) is 45.5 Å². The molecule has 0 radical (unpaired) electrons. The summed E-state index contributed by atoms with van der Waals surface area (Å²) in [4.78, 5) is 66.5. The van der Waals surface area contributed by atoms with E-state index in [0.29, 0.717) is 5.56 Å². The van der Waals surface area contributed by atoms with Gasteiger partial charge in [0.1, 0.15) is 30.7 Å². The summed E-state index contributed by atoms with van der Waals surface area (Å²) in [6.45, 7) is 8.47. The Morgan fingerprint density at radius 3 is 2.36 bits per heavy atom. The molecule has 5 aromatic rings. The highest BCUT2D eigenvalue weighted by Gasteiger charge is 2.52. The number of aromatic nitrogens is 8. The van der Waals surface area contributed by atoms with Crippen LogP contribution in [-0.4, -0.2) is 134 Å². The molecule has 2 amide bonds. The first-order valence-corrected chi connectivity index (χ1v) is 26.9. The predicted octanol–water partition coefficient (Wildman–Crippen LogP) is 5.39. The number of aromatic amines is 1. The minimum Gasteiger partial charge on any atom is -0.414 e. The maximum absolute atomic E-state index is 17.1. The van der Waals surface area contributed by atoms with Crippen LogP contribution in [0.4, 0.5) is 20.5 Å². The van der Waals surface area contributed by atoms with Crippen LogP contribution >= 0.6 is 6.72 Å². The first-order valence-electron chi connectivity index (χ1n) is 21.4. The Hall–Kier alpha value is -4.82. The third-order valence-electron chi connectivity index (χ3n) is 11.7. The Balaban J connectivity index is 1.16. The number of anilines is 2. The molecule has 0 bridgehead atoms. The van der Waals surface area contributed by atoms with Gasteiger partial charge in [0, 0.05) is 31.2 Å². The zero-order chi connectivity index (χ0) is 48.4. The van der Waals surface area contributed by atoms with Crippen LogP contribution in [0.5, 0.6) is 0 Å². The van der Waals surface area contributed by atoms with Crippen LogP contribution in [0, 0.1) is 5.92 Å². The zero-order valence-corrected chi connectivity index (χ0v) is 40.7. The highest BCUT2D eigenvalue weighted by Crippen LogP contribution is 2.55. The van der Waals surface area contributed by atoms with Gasteiger partial charge in [0.05, 0.1) is 32.5 Å². The Bertz CT molecular complexity index is 2710. The second-order valence-corrected chi connectivity index (χ2v) is 25.5. The van der Waals surface area contributed by atoms with Gasteiger partial charge in [0.25, 0.3) is 11.5 Å². The molecule has 4 N–H and O–H groups in total. The topological polar surface area (TPSA) is 253 Å². The first kappa shape index (κ1) is 50.1. The number of carbonyl (C=O) groups excluding carboxylic acids is 2. The van der Waals surface area contributed by atoms with Gasteiger partial charge < -0.3 is 38.4 Å². The van der Waals surface area contributed by atoms with Crippen molar-refractivity contribution in [2.45, 2.75) is 108 Å². The fourth-order valence-corrected chi connectivity index (χ4v) is 9.92. The van der Waals surface area contributed by atoms with E-state index in [1.54, 1.807) is 57.4 Å². The van der Waals surface area contributed by atoms with E-state index in [1.807, 2.05) is 33.9 Å². The van der Waals surface area contributed by atoms with Gasteiger partial charge in [-0.25, -0.2) is 28.7 Å². The minimum absolute atomic E-state index is 0.0632. The largest absolute Gasteiger partial charge is 0.414 e. The van der Waals surface area contributed by atoms with Crippen LogP contribution < -0.4 is 16.2 Å². The number of imidazole rings is 2. The first-order chi connectivity index (χ1) is 31.7. The number of aliphatic hydroxyl groups excluding tert-OH is 1. The van der Waals surface area contributed by atoms with E-state index in [0.717, 1.165) is 0 Å². The van der Waals surface area contributed by atoms with Gasteiger partial charge in [-0.2, -0.15) is 4.98 Å². The van der Waals surface area contributed by atoms with Crippen molar-refractivity contribution >= 4 is 79.0 Å². The number of nitrogens with one attached hydrogen (secondary N) is 3. The molecule has 4 aromatic heterocycles. The van der Waals surface area contributed by atoms with Crippen molar-refractivity contribution in [2.24, 2.45) is 10.9 Å². The van der Waals surface area contributed by atoms with E-state index in [1.165, 1.54) is 28.1 Å². The van der Waals surface area contributed by atoms with E-state index >= 15 is 8.78 Å². The van der Waals surface area contributed by atoms with Crippen LogP contribution in [0.15, 0.2) is 59.1 Å². The lowest BCUT2D eigenvalue weighted by atomic mass is 10.1. The average molecular weight is 990 g/mol. The van der Waals surface area contributed by atoms with Crippen LogP contribution in [0.1, 0.15) is 63.9 Å². The summed E-state index contributed by atoms with van der Waals surface area (Å²) in [5, 5.41) is 16.2. The summed E-state index contributed by atoms with van der Waals surface area (Å²) in [5.74, 6) is -1.44. The van der Waals surface area contributed by atoms with Gasteiger partial charge >= 0.3 is 6.72 Å². The van der Waals surface area contributed by atoms with Crippen molar-refractivity contribution < 1.29 is 50.9 Å². The fourth-order valence-electron chi connectivity index (χ4n) is 6.83. The van der Waals surface area contributed by atoms with Crippen molar-refractivity contribution in [1.82, 2.24) is 39.0 Å². The summed E-state index contributed by atoms with van der Waals surface area (Å²) in [6, 6.07) is 8.43. The quantitative estimate of drug-likeness (QED) is 0.0371. The molecule has 2 saturated heterocycles. The van der Waals surface area contributed by atoms with Crippen LogP contribution in [0.2, 0.25) is 18.1 Å². The molecule has 0 spiro atoms. The Morgan fingerprint density at radius 1 is 0.985 bits per heavy atom. The summed E-state index contributed by atoms with van der Waals surface area (Å²) in [5.41, 5.74) is -0.295. The summed E-state index contributed by atoms with van der Waals surface area (Å²) in [7, 11) is -0.883. The monoisotopic (exact) mass is 989 g/mol. The molecule has 0 saturated carbocycles. The number of hydrogen-bond donors (Lipinski definition) is 4. The number of hydrogen-bond acceptors (Lipinski definition) is 17. The molecule has 2 aliphatic rings. The minimum atomic E-state index is -4.12. The smallest absolute Gasteiger partial charge is 0.327 e. The standard InChI is InChI=1S/C41H54F2N11O10PSSi/c1-22(2)35(56)51-40-50-34-29(37(58)52-40)48-21-54(34)39-31(26(42)24(62-39)18-61-67(7,8)41(3,4)5)64-65(66,59-16-12-15-44-6)60-17-25-30(55)27(43)38(63-25)53-20-47-28-32(45-19-46-33(28)53)49-36(57)23-13-10-9-11-14-23/h9-11,13-15,19-22,24-27,30-31,38-39,55H,12,16-18H2,1-8H3,(H,45,46,49,57)(H2,50,51,52,56,58)/b44-15+/t24-,25-,26-,27+,30-,31+,38-,39-,65?/m1/s1. The Morgan fingerprint density at radius 2 is 1.67 bits per heavy atom. The summed E-state index contributed by atoms with van der Waals surface area (Å²) in [6.07, 6.45) is -7.46. The number of fused-ring (bicyclic) bond motifs is 2. The molecule has 67 heavy (non-hydrogen) atoms. The molecule has 1 unspecified atom stereocenters. The highest BCUT2D eigenvalue weighted by atomic mass is 32.5. The molecule has 1 aromatic carbocycles. The number of aliphatic hydroxyl groups is 1. The number of nitrogens with zero attached hydrogens (tertiary/aromatic N) is 8.